The Labute approximate surface area is 183 Å². The Balaban J connectivity index is 1.50. The summed E-state index contributed by atoms with van der Waals surface area (Å²) < 4.78 is 36.0. The first-order chi connectivity index (χ1) is 15.3. The summed E-state index contributed by atoms with van der Waals surface area (Å²) in [4.78, 5) is 36.8. The lowest BCUT2D eigenvalue weighted by atomic mass is 10.0. The minimum Gasteiger partial charge on any atom is -0.497 e. The maximum absolute atomic E-state index is 13.0. The van der Waals surface area contributed by atoms with Crippen LogP contribution in [0.2, 0.25) is 0 Å². The molecule has 0 fully saturated rings. The number of benzene rings is 3. The first-order valence-electron chi connectivity index (χ1n) is 9.45. The maximum atomic E-state index is 13.0. The Kier molecular flexibility index (Phi) is 5.50. The highest BCUT2D eigenvalue weighted by Crippen LogP contribution is 2.34. The molecule has 0 atom stereocenters. The van der Waals surface area contributed by atoms with Gasteiger partial charge in [0, 0.05) is 22.9 Å². The maximum Gasteiger partial charge on any atom is 0.338 e. The Hall–Kier alpha value is -3.98. The lowest BCUT2D eigenvalue weighted by Gasteiger charge is -2.19. The summed E-state index contributed by atoms with van der Waals surface area (Å²) in [6, 6.07) is 16.2. The van der Waals surface area contributed by atoms with Crippen molar-refractivity contribution < 1.29 is 32.3 Å². The van der Waals surface area contributed by atoms with E-state index in [1.807, 2.05) is 0 Å². The molecule has 0 spiro atoms. The molecule has 3 aromatic rings. The lowest BCUT2D eigenvalue weighted by molar-refractivity contribution is -0.119. The van der Waals surface area contributed by atoms with E-state index in [4.69, 9.17) is 9.47 Å². The van der Waals surface area contributed by atoms with Gasteiger partial charge < -0.3 is 14.8 Å². The van der Waals surface area contributed by atoms with E-state index in [2.05, 4.69) is 5.32 Å². The Morgan fingerprint density at radius 2 is 1.66 bits per heavy atom. The average Bonchev–Trinajstić information content (AvgIpc) is 2.81. The van der Waals surface area contributed by atoms with E-state index in [1.54, 1.807) is 30.3 Å². The van der Waals surface area contributed by atoms with Gasteiger partial charge in [-0.05, 0) is 42.5 Å². The quantitative estimate of drug-likeness (QED) is 0.464. The van der Waals surface area contributed by atoms with Gasteiger partial charge >= 0.3 is 5.97 Å². The van der Waals surface area contributed by atoms with Crippen LogP contribution in [0.4, 0.5) is 5.69 Å². The monoisotopic (exact) mass is 451 g/mol. The van der Waals surface area contributed by atoms with Gasteiger partial charge in [0.25, 0.3) is 5.91 Å². The molecule has 9 heteroatoms. The van der Waals surface area contributed by atoms with Gasteiger partial charge in [-0.2, -0.15) is 0 Å². The molecule has 1 heterocycles. The summed E-state index contributed by atoms with van der Waals surface area (Å²) in [5.41, 5.74) is 0.441. The Morgan fingerprint density at radius 3 is 2.44 bits per heavy atom. The number of ketones is 1. The zero-order valence-corrected chi connectivity index (χ0v) is 17.6. The number of hydrogen-bond donors (Lipinski definition) is 1. The number of esters is 1. The average molecular weight is 451 g/mol. The second kappa shape index (κ2) is 8.27. The highest BCUT2D eigenvalue weighted by Gasteiger charge is 2.35. The molecule has 4 rings (SSSR count). The number of rotatable bonds is 5. The molecule has 3 aromatic carbocycles. The van der Waals surface area contributed by atoms with Crippen molar-refractivity contribution in [2.24, 2.45) is 0 Å². The molecule has 32 heavy (non-hydrogen) atoms. The van der Waals surface area contributed by atoms with Crippen molar-refractivity contribution in [2.75, 3.05) is 19.0 Å². The third-order valence-electron chi connectivity index (χ3n) is 4.86. The zero-order valence-electron chi connectivity index (χ0n) is 16.8. The van der Waals surface area contributed by atoms with Crippen LogP contribution in [0.5, 0.6) is 5.75 Å². The molecule has 8 nitrogen and oxygen atoms in total. The van der Waals surface area contributed by atoms with Crippen LogP contribution in [-0.4, -0.2) is 39.8 Å². The highest BCUT2D eigenvalue weighted by atomic mass is 32.2. The minimum absolute atomic E-state index is 0.0176. The van der Waals surface area contributed by atoms with Gasteiger partial charge in [0.05, 0.1) is 22.5 Å². The molecule has 0 aliphatic carbocycles. The number of fused-ring (bicyclic) bond motifs is 2. The molecule has 1 N–H and O–H groups in total. The molecular formula is C23H17NO7S. The predicted octanol–water partition coefficient (Wildman–Crippen LogP) is 2.87. The fraction of sp³-hybridized carbons (Fsp3) is 0.0870. The van der Waals surface area contributed by atoms with E-state index in [0.717, 1.165) is 6.07 Å². The third kappa shape index (κ3) is 3.85. The van der Waals surface area contributed by atoms with Crippen molar-refractivity contribution in [1.82, 2.24) is 0 Å². The van der Waals surface area contributed by atoms with Crippen molar-refractivity contribution in [1.29, 1.82) is 0 Å². The number of carbonyl (C=O) groups is 3. The third-order valence-corrected chi connectivity index (χ3v) is 6.71. The van der Waals surface area contributed by atoms with E-state index in [-0.39, 0.29) is 26.5 Å². The van der Waals surface area contributed by atoms with E-state index < -0.39 is 34.1 Å². The Morgan fingerprint density at radius 1 is 0.906 bits per heavy atom. The van der Waals surface area contributed by atoms with Crippen molar-refractivity contribution in [3.63, 3.8) is 0 Å². The van der Waals surface area contributed by atoms with Gasteiger partial charge in [-0.15, -0.1) is 0 Å². The SMILES string of the molecule is COc1cccc(NC(=O)COC(=O)c2ccc3c(c2)S(=O)(=O)c2ccccc2C3=O)c1. The summed E-state index contributed by atoms with van der Waals surface area (Å²) in [5, 5.41) is 2.57. The van der Waals surface area contributed by atoms with Gasteiger partial charge in [-0.3, -0.25) is 9.59 Å². The van der Waals surface area contributed by atoms with Crippen molar-refractivity contribution in [2.45, 2.75) is 9.79 Å². The molecule has 1 amide bonds. The number of sulfone groups is 1. The fourth-order valence-electron chi connectivity index (χ4n) is 3.32. The molecule has 0 saturated heterocycles. The molecule has 0 unspecified atom stereocenters. The number of ether oxygens (including phenoxy) is 2. The highest BCUT2D eigenvalue weighted by molar-refractivity contribution is 7.91. The van der Waals surface area contributed by atoms with Crippen LogP contribution in [0.3, 0.4) is 0 Å². The minimum atomic E-state index is -3.99. The van der Waals surface area contributed by atoms with Crippen LogP contribution >= 0.6 is 0 Å². The normalized spacial score (nSPS) is 13.5. The van der Waals surface area contributed by atoms with Gasteiger partial charge in [0.15, 0.2) is 12.4 Å². The first-order valence-corrected chi connectivity index (χ1v) is 10.9. The number of amides is 1. The van der Waals surface area contributed by atoms with Crippen LogP contribution in [0.1, 0.15) is 26.3 Å². The summed E-state index contributed by atoms with van der Waals surface area (Å²) in [6.07, 6.45) is 0. The second-order valence-corrected chi connectivity index (χ2v) is 8.78. The molecular weight excluding hydrogens is 434 g/mol. The number of carbonyl (C=O) groups excluding carboxylic acids is 3. The predicted molar refractivity (Wildman–Crippen MR) is 114 cm³/mol. The summed E-state index contributed by atoms with van der Waals surface area (Å²) in [5.74, 6) is -1.37. The van der Waals surface area contributed by atoms with Crippen molar-refractivity contribution >= 4 is 33.2 Å². The van der Waals surface area contributed by atoms with E-state index >= 15 is 0 Å². The second-order valence-electron chi connectivity index (χ2n) is 6.90. The van der Waals surface area contributed by atoms with Crippen molar-refractivity contribution in [3.8, 4) is 5.75 Å². The molecule has 0 saturated carbocycles. The standard InChI is InChI=1S/C23H17NO7S/c1-30-16-6-4-5-15(12-16)24-21(25)13-31-23(27)14-9-10-18-20(11-14)32(28,29)19-8-3-2-7-17(19)22(18)26/h2-12H,13H2,1H3,(H,24,25). The smallest absolute Gasteiger partial charge is 0.338 e. The molecule has 1 aliphatic rings. The van der Waals surface area contributed by atoms with E-state index in [9.17, 15) is 22.8 Å². The fourth-order valence-corrected chi connectivity index (χ4v) is 5.00. The zero-order chi connectivity index (χ0) is 22.9. The van der Waals surface area contributed by atoms with Gasteiger partial charge in [0.2, 0.25) is 9.84 Å². The Bertz CT molecular complexity index is 1360. The molecule has 1 aliphatic heterocycles. The van der Waals surface area contributed by atoms with Gasteiger partial charge in [-0.1, -0.05) is 18.2 Å². The van der Waals surface area contributed by atoms with E-state index in [1.165, 1.54) is 37.4 Å². The van der Waals surface area contributed by atoms with Crippen LogP contribution in [-0.2, 0) is 19.4 Å². The largest absolute Gasteiger partial charge is 0.497 e. The van der Waals surface area contributed by atoms with Crippen LogP contribution in [0, 0.1) is 0 Å². The lowest BCUT2D eigenvalue weighted by Crippen LogP contribution is -2.22. The number of hydrogen-bond acceptors (Lipinski definition) is 7. The molecule has 0 bridgehead atoms. The topological polar surface area (TPSA) is 116 Å². The van der Waals surface area contributed by atoms with Crippen LogP contribution in [0.15, 0.2) is 76.5 Å². The summed E-state index contributed by atoms with van der Waals surface area (Å²) in [6.45, 7) is -0.582. The molecule has 0 aromatic heterocycles. The molecule has 162 valence electrons. The first kappa shape index (κ1) is 21.3. The molecule has 0 radical (unpaired) electrons. The summed E-state index contributed by atoms with van der Waals surface area (Å²) in [7, 11) is -2.49. The van der Waals surface area contributed by atoms with Gasteiger partial charge in [0.1, 0.15) is 5.75 Å². The number of methoxy groups -OCH3 is 1. The van der Waals surface area contributed by atoms with Gasteiger partial charge in [-0.25, -0.2) is 13.2 Å². The summed E-state index contributed by atoms with van der Waals surface area (Å²) >= 11 is 0. The van der Waals surface area contributed by atoms with Crippen LogP contribution < -0.4 is 10.1 Å². The van der Waals surface area contributed by atoms with Crippen molar-refractivity contribution in [3.05, 3.63) is 83.4 Å². The number of nitrogens with one attached hydrogen (secondary N) is 1. The number of anilines is 1. The van der Waals surface area contributed by atoms with E-state index in [0.29, 0.717) is 11.4 Å². The van der Waals surface area contributed by atoms with Crippen LogP contribution in [0.25, 0.3) is 0 Å².